The summed E-state index contributed by atoms with van der Waals surface area (Å²) in [6.45, 7) is 13.1. The molecule has 0 spiro atoms. The zero-order valence-corrected chi connectivity index (χ0v) is 24.1. The van der Waals surface area contributed by atoms with Gasteiger partial charge in [-0.15, -0.1) is 0 Å². The Hall–Kier alpha value is -0.670. The van der Waals surface area contributed by atoms with Crippen molar-refractivity contribution in [2.45, 2.75) is 105 Å². The van der Waals surface area contributed by atoms with Crippen molar-refractivity contribution in [3.05, 3.63) is 0 Å². The van der Waals surface area contributed by atoms with Gasteiger partial charge in [-0.3, -0.25) is 0 Å². The van der Waals surface area contributed by atoms with Gasteiger partial charge in [-0.05, 0) is 91.3 Å². The van der Waals surface area contributed by atoms with Crippen LogP contribution in [0.15, 0.2) is 0 Å². The molecule has 0 saturated heterocycles. The Labute approximate surface area is 221 Å². The summed E-state index contributed by atoms with van der Waals surface area (Å²) in [6, 6.07) is 2.40. The van der Waals surface area contributed by atoms with Gasteiger partial charge in [0.2, 0.25) is 0 Å². The second-order valence-electron chi connectivity index (χ2n) is 13.4. The van der Waals surface area contributed by atoms with Crippen LogP contribution < -0.4 is 0 Å². The molecule has 12 atom stereocenters. The summed E-state index contributed by atoms with van der Waals surface area (Å²) in [5.41, 5.74) is 0.415. The smallest absolute Gasteiger partial charge is 0.146 e. The quantitative estimate of drug-likeness (QED) is 0.299. The van der Waals surface area contributed by atoms with Crippen LogP contribution in [0.2, 0.25) is 0 Å². The highest BCUT2D eigenvalue weighted by atomic mass is 16.7. The molecule has 36 heavy (non-hydrogen) atoms. The summed E-state index contributed by atoms with van der Waals surface area (Å²) >= 11 is 0. The number of nitrogens with zero attached hydrogens (tertiary/aromatic N) is 1. The normalized spacial score (nSPS) is 46.9. The van der Waals surface area contributed by atoms with E-state index in [1.807, 2.05) is 0 Å². The fraction of sp³-hybridized carbons (Fsp3) is 0.968. The Morgan fingerprint density at radius 1 is 0.972 bits per heavy atom. The summed E-state index contributed by atoms with van der Waals surface area (Å²) in [5, 5.41) is 9.29. The van der Waals surface area contributed by atoms with Crippen LogP contribution in [0.1, 0.15) is 92.4 Å². The van der Waals surface area contributed by atoms with E-state index in [9.17, 15) is 5.26 Å². The number of hydrogen-bond acceptors (Lipinski definition) is 5. The third-order valence-electron chi connectivity index (χ3n) is 12.0. The fourth-order valence-electron chi connectivity index (χ4n) is 10.3. The third-order valence-corrected chi connectivity index (χ3v) is 12.0. The molecule has 0 amide bonds. The number of rotatable bonds is 10. The first-order valence-electron chi connectivity index (χ1n) is 14.9. The highest BCUT2D eigenvalue weighted by molar-refractivity contribution is 5.16. The van der Waals surface area contributed by atoms with Gasteiger partial charge >= 0.3 is 0 Å². The minimum absolute atomic E-state index is 0.0761. The minimum atomic E-state index is 0.0761. The molecule has 5 heteroatoms. The fourth-order valence-corrected chi connectivity index (χ4v) is 10.3. The first-order valence-corrected chi connectivity index (χ1v) is 14.9. The molecule has 0 N–H and O–H groups in total. The average molecular weight is 504 g/mol. The van der Waals surface area contributed by atoms with Crippen molar-refractivity contribution in [2.75, 3.05) is 27.8 Å². The van der Waals surface area contributed by atoms with Crippen molar-refractivity contribution in [1.82, 2.24) is 0 Å². The van der Waals surface area contributed by atoms with E-state index in [0.717, 1.165) is 18.8 Å². The van der Waals surface area contributed by atoms with Crippen molar-refractivity contribution >= 4 is 0 Å². The van der Waals surface area contributed by atoms with Crippen LogP contribution in [0.25, 0.3) is 0 Å². The molecule has 206 valence electrons. The summed E-state index contributed by atoms with van der Waals surface area (Å²) in [4.78, 5) is 0. The third kappa shape index (κ3) is 4.67. The van der Waals surface area contributed by atoms with Gasteiger partial charge in [-0.25, -0.2) is 0 Å². The molecule has 4 fully saturated rings. The van der Waals surface area contributed by atoms with Crippen LogP contribution in [-0.4, -0.2) is 40.0 Å². The molecule has 0 radical (unpaired) electrons. The Balaban J connectivity index is 1.77. The molecular weight excluding hydrogens is 450 g/mol. The molecule has 4 aliphatic rings. The van der Waals surface area contributed by atoms with Crippen LogP contribution in [0, 0.1) is 69.5 Å². The first kappa shape index (κ1) is 28.3. The number of hydrogen-bond donors (Lipinski definition) is 0. The zero-order chi connectivity index (χ0) is 26.1. The largest absolute Gasteiger partial charge is 0.359 e. The number of nitriles is 1. The van der Waals surface area contributed by atoms with Crippen LogP contribution in [0.4, 0.5) is 0 Å². The van der Waals surface area contributed by atoms with Gasteiger partial charge in [0, 0.05) is 26.1 Å². The second kappa shape index (κ2) is 11.6. The van der Waals surface area contributed by atoms with Crippen molar-refractivity contribution in [3.8, 4) is 6.07 Å². The van der Waals surface area contributed by atoms with Crippen LogP contribution in [0.5, 0.6) is 0 Å². The van der Waals surface area contributed by atoms with E-state index >= 15 is 0 Å². The van der Waals surface area contributed by atoms with E-state index in [0.29, 0.717) is 66.8 Å². The lowest BCUT2D eigenvalue weighted by molar-refractivity contribution is -0.262. The molecular formula is C31H53NO4. The number of ether oxygens (including phenoxy) is 4. The lowest BCUT2D eigenvalue weighted by Gasteiger charge is -2.66. The predicted molar refractivity (Wildman–Crippen MR) is 142 cm³/mol. The molecule has 0 aromatic rings. The molecule has 0 aliphatic heterocycles. The molecule has 3 unspecified atom stereocenters. The lowest BCUT2D eigenvalue weighted by atomic mass is 9.40. The van der Waals surface area contributed by atoms with E-state index in [-0.39, 0.29) is 17.6 Å². The highest BCUT2D eigenvalue weighted by Gasteiger charge is 2.68. The van der Waals surface area contributed by atoms with Gasteiger partial charge < -0.3 is 18.9 Å². The van der Waals surface area contributed by atoms with Gasteiger partial charge in [0.15, 0.2) is 0 Å². The van der Waals surface area contributed by atoms with Gasteiger partial charge in [-0.2, -0.15) is 5.26 Å². The van der Waals surface area contributed by atoms with E-state index in [1.165, 1.54) is 38.5 Å². The summed E-state index contributed by atoms with van der Waals surface area (Å²) in [5.74, 6) is 4.89. The molecule has 0 heterocycles. The van der Waals surface area contributed by atoms with E-state index in [2.05, 4.69) is 40.7 Å². The predicted octanol–water partition coefficient (Wildman–Crippen LogP) is 7.06. The number of methoxy groups -OCH3 is 2. The topological polar surface area (TPSA) is 60.7 Å². The van der Waals surface area contributed by atoms with E-state index in [4.69, 9.17) is 18.9 Å². The van der Waals surface area contributed by atoms with Crippen molar-refractivity contribution in [1.29, 1.82) is 5.26 Å². The highest BCUT2D eigenvalue weighted by Crippen LogP contribution is 2.70. The minimum Gasteiger partial charge on any atom is -0.359 e. The van der Waals surface area contributed by atoms with Crippen molar-refractivity contribution in [3.63, 3.8) is 0 Å². The van der Waals surface area contributed by atoms with E-state index in [1.54, 1.807) is 14.2 Å². The second-order valence-corrected chi connectivity index (χ2v) is 13.4. The maximum Gasteiger partial charge on any atom is 0.146 e. The van der Waals surface area contributed by atoms with Crippen LogP contribution in [-0.2, 0) is 18.9 Å². The summed E-state index contributed by atoms with van der Waals surface area (Å²) in [6.07, 6.45) is 10.8. The molecule has 0 aromatic carbocycles. The SMILES string of the molecule is CC[C@H]1[C@@H](OCOC)C2C3CC[C@H]([C@H](C)CCC#N)[C@@]3(C)[C@@H](OCOC)CC2[C@@]2(C)CC[C@@H](C)C[C@@H]12. The number of fused-ring (bicyclic) bond motifs is 5. The standard InChI is InChI=1S/C31H53NO4/c1-8-22-25-16-20(2)13-14-30(25,4)26-17-27(35-18-33-6)31(5)23(21(3)10-9-15-32)11-12-24(31)28(26)29(22)36-19-34-7/h20-29H,8-14,16-19H2,1-7H3/t20-,21-,22-,23-,24?,25+,26?,27+,28?,29-,30+,31-/m1/s1. The maximum atomic E-state index is 9.29. The monoisotopic (exact) mass is 503 g/mol. The van der Waals surface area contributed by atoms with Crippen molar-refractivity contribution in [2.24, 2.45) is 58.2 Å². The van der Waals surface area contributed by atoms with Crippen molar-refractivity contribution < 1.29 is 18.9 Å². The van der Waals surface area contributed by atoms with E-state index < -0.39 is 0 Å². The molecule has 4 rings (SSSR count). The Morgan fingerprint density at radius 3 is 2.36 bits per heavy atom. The molecule has 4 aliphatic carbocycles. The molecule has 4 saturated carbocycles. The zero-order valence-electron chi connectivity index (χ0n) is 24.1. The maximum absolute atomic E-state index is 9.29. The van der Waals surface area contributed by atoms with Crippen LogP contribution in [0.3, 0.4) is 0 Å². The van der Waals surface area contributed by atoms with Gasteiger partial charge in [0.25, 0.3) is 0 Å². The Bertz CT molecular complexity index is 768. The van der Waals surface area contributed by atoms with Crippen LogP contribution >= 0.6 is 0 Å². The Kier molecular flexibility index (Phi) is 9.13. The molecule has 0 bridgehead atoms. The average Bonchev–Trinajstić information content (AvgIpc) is 3.23. The summed E-state index contributed by atoms with van der Waals surface area (Å²) in [7, 11) is 3.50. The van der Waals surface area contributed by atoms with Gasteiger partial charge in [-0.1, -0.05) is 47.5 Å². The van der Waals surface area contributed by atoms with Gasteiger partial charge in [0.1, 0.15) is 13.6 Å². The molecule has 5 nitrogen and oxygen atoms in total. The first-order chi connectivity index (χ1) is 17.3. The molecule has 0 aromatic heterocycles. The lowest BCUT2D eigenvalue weighted by Crippen LogP contribution is -2.65. The Morgan fingerprint density at radius 2 is 1.69 bits per heavy atom. The summed E-state index contributed by atoms with van der Waals surface area (Å²) < 4.78 is 24.4. The van der Waals surface area contributed by atoms with Gasteiger partial charge in [0.05, 0.1) is 18.3 Å².